The Labute approximate surface area is 181 Å². The first-order chi connectivity index (χ1) is 14.8. The van der Waals surface area contributed by atoms with Gasteiger partial charge in [-0.05, 0) is 99.8 Å². The van der Waals surface area contributed by atoms with Crippen LogP contribution in [-0.2, 0) is 17.6 Å². The maximum absolute atomic E-state index is 12.7. The van der Waals surface area contributed by atoms with Crippen molar-refractivity contribution in [1.82, 2.24) is 20.2 Å². The molecule has 0 unspecified atom stereocenters. The number of pyridine rings is 2. The highest BCUT2D eigenvalue weighted by Gasteiger charge is 2.16. The van der Waals surface area contributed by atoms with Gasteiger partial charge in [0.2, 0.25) is 5.91 Å². The van der Waals surface area contributed by atoms with Crippen LogP contribution in [0.2, 0.25) is 0 Å². The van der Waals surface area contributed by atoms with Crippen LogP contribution in [0.1, 0.15) is 62.5 Å². The number of carbonyl (C=O) groups excluding carboxylic acids is 1. The molecule has 1 aliphatic rings. The molecule has 3 rings (SSSR count). The standard InChI is InChI=1S/C25H36N4O/c30-25(21-29-19-3-1-2-4-20-29)28-24(9-5-7-22-11-15-26-16-12-22)10-6-8-23-13-17-27-18-14-23/h11-18,24H,1-10,19-21H2,(H,28,30). The lowest BCUT2D eigenvalue weighted by atomic mass is 9.99. The first-order valence-corrected chi connectivity index (χ1v) is 11.6. The molecule has 5 nitrogen and oxygen atoms in total. The van der Waals surface area contributed by atoms with Gasteiger partial charge < -0.3 is 5.32 Å². The predicted molar refractivity (Wildman–Crippen MR) is 121 cm³/mol. The highest BCUT2D eigenvalue weighted by molar-refractivity contribution is 5.78. The molecule has 0 spiro atoms. The van der Waals surface area contributed by atoms with Gasteiger partial charge >= 0.3 is 0 Å². The third-order valence-corrected chi connectivity index (χ3v) is 5.97. The van der Waals surface area contributed by atoms with Crippen molar-refractivity contribution >= 4 is 5.91 Å². The molecule has 30 heavy (non-hydrogen) atoms. The van der Waals surface area contributed by atoms with Gasteiger partial charge in [0.25, 0.3) is 0 Å². The monoisotopic (exact) mass is 408 g/mol. The first-order valence-electron chi connectivity index (χ1n) is 11.6. The lowest BCUT2D eigenvalue weighted by Gasteiger charge is -2.23. The van der Waals surface area contributed by atoms with Gasteiger partial charge in [-0.2, -0.15) is 0 Å². The molecule has 0 aliphatic carbocycles. The molecule has 1 N–H and O–H groups in total. The van der Waals surface area contributed by atoms with E-state index in [9.17, 15) is 4.79 Å². The van der Waals surface area contributed by atoms with Crippen molar-refractivity contribution < 1.29 is 4.79 Å². The first kappa shape index (κ1) is 22.4. The molecule has 2 aromatic heterocycles. The Morgan fingerprint density at radius 1 is 0.833 bits per heavy atom. The van der Waals surface area contributed by atoms with Crippen molar-refractivity contribution in [1.29, 1.82) is 0 Å². The van der Waals surface area contributed by atoms with Crippen LogP contribution >= 0.6 is 0 Å². The molecule has 1 amide bonds. The number of aryl methyl sites for hydroxylation is 2. The van der Waals surface area contributed by atoms with E-state index in [1.807, 2.05) is 24.8 Å². The summed E-state index contributed by atoms with van der Waals surface area (Å²) < 4.78 is 0. The van der Waals surface area contributed by atoms with Crippen LogP contribution in [0.3, 0.4) is 0 Å². The second-order valence-electron chi connectivity index (χ2n) is 8.45. The summed E-state index contributed by atoms with van der Waals surface area (Å²) in [5.41, 5.74) is 2.63. The molecule has 1 saturated heterocycles. The molecule has 5 heteroatoms. The van der Waals surface area contributed by atoms with Crippen LogP contribution in [0.25, 0.3) is 0 Å². The molecule has 2 aromatic rings. The quantitative estimate of drug-likeness (QED) is 0.606. The Hall–Kier alpha value is -2.27. The average molecular weight is 409 g/mol. The SMILES string of the molecule is O=C(CN1CCCCCC1)NC(CCCc1ccncc1)CCCc1ccncc1. The van der Waals surface area contributed by atoms with Crippen molar-refractivity contribution in [2.75, 3.05) is 19.6 Å². The van der Waals surface area contributed by atoms with Crippen LogP contribution in [0, 0.1) is 0 Å². The van der Waals surface area contributed by atoms with E-state index >= 15 is 0 Å². The summed E-state index contributed by atoms with van der Waals surface area (Å²) in [5.74, 6) is 0.190. The topological polar surface area (TPSA) is 58.1 Å². The van der Waals surface area contributed by atoms with Crippen LogP contribution < -0.4 is 5.32 Å². The van der Waals surface area contributed by atoms with Crippen LogP contribution in [0.4, 0.5) is 0 Å². The average Bonchev–Trinajstić information content (AvgIpc) is 3.03. The van der Waals surface area contributed by atoms with Crippen molar-refractivity contribution in [3.63, 3.8) is 0 Å². The highest BCUT2D eigenvalue weighted by Crippen LogP contribution is 2.13. The van der Waals surface area contributed by atoms with Gasteiger partial charge in [0.1, 0.15) is 0 Å². The van der Waals surface area contributed by atoms with E-state index in [1.54, 1.807) is 0 Å². The fourth-order valence-electron chi connectivity index (χ4n) is 4.26. The van der Waals surface area contributed by atoms with E-state index in [1.165, 1.54) is 36.8 Å². The van der Waals surface area contributed by atoms with E-state index in [4.69, 9.17) is 0 Å². The summed E-state index contributed by atoms with van der Waals surface area (Å²) in [4.78, 5) is 23.2. The number of carbonyl (C=O) groups is 1. The minimum absolute atomic E-state index is 0.190. The van der Waals surface area contributed by atoms with Gasteiger partial charge in [0.15, 0.2) is 0 Å². The number of aromatic nitrogens is 2. The number of amides is 1. The minimum atomic E-state index is 0.190. The van der Waals surface area contributed by atoms with Crippen LogP contribution in [0.15, 0.2) is 49.1 Å². The Morgan fingerprint density at radius 3 is 1.83 bits per heavy atom. The molecular weight excluding hydrogens is 372 g/mol. The second-order valence-corrected chi connectivity index (χ2v) is 8.45. The molecule has 162 valence electrons. The Morgan fingerprint density at radius 2 is 1.33 bits per heavy atom. The maximum atomic E-state index is 12.7. The molecule has 3 heterocycles. The van der Waals surface area contributed by atoms with Crippen molar-refractivity contribution in [2.45, 2.75) is 70.3 Å². The fraction of sp³-hybridized carbons (Fsp3) is 0.560. The molecule has 0 aromatic carbocycles. The molecule has 1 aliphatic heterocycles. The summed E-state index contributed by atoms with van der Waals surface area (Å²) in [6, 6.07) is 8.56. The Kier molecular flexibility index (Phi) is 9.80. The maximum Gasteiger partial charge on any atom is 0.234 e. The molecule has 0 bridgehead atoms. The lowest BCUT2D eigenvalue weighted by molar-refractivity contribution is -0.123. The largest absolute Gasteiger partial charge is 0.352 e. The van der Waals surface area contributed by atoms with E-state index < -0.39 is 0 Å². The van der Waals surface area contributed by atoms with E-state index in [-0.39, 0.29) is 11.9 Å². The zero-order valence-electron chi connectivity index (χ0n) is 18.1. The van der Waals surface area contributed by atoms with Crippen LogP contribution in [-0.4, -0.2) is 46.5 Å². The van der Waals surface area contributed by atoms with Gasteiger partial charge in [0, 0.05) is 30.8 Å². The zero-order valence-corrected chi connectivity index (χ0v) is 18.1. The molecule has 1 fully saturated rings. The smallest absolute Gasteiger partial charge is 0.234 e. The molecule has 0 saturated carbocycles. The zero-order chi connectivity index (χ0) is 20.9. The lowest BCUT2D eigenvalue weighted by Crippen LogP contribution is -2.42. The summed E-state index contributed by atoms with van der Waals surface area (Å²) in [6.07, 6.45) is 18.7. The number of hydrogen-bond donors (Lipinski definition) is 1. The summed E-state index contributed by atoms with van der Waals surface area (Å²) in [5, 5.41) is 3.35. The molecular formula is C25H36N4O. The van der Waals surface area contributed by atoms with E-state index in [0.29, 0.717) is 6.54 Å². The number of hydrogen-bond acceptors (Lipinski definition) is 4. The predicted octanol–water partition coefficient (Wildman–Crippen LogP) is 4.18. The van der Waals surface area contributed by atoms with Crippen LogP contribution in [0.5, 0.6) is 0 Å². The van der Waals surface area contributed by atoms with Gasteiger partial charge in [-0.1, -0.05) is 12.8 Å². The second kappa shape index (κ2) is 13.1. The summed E-state index contributed by atoms with van der Waals surface area (Å²) in [6.45, 7) is 2.66. The third-order valence-electron chi connectivity index (χ3n) is 5.97. The van der Waals surface area contributed by atoms with Crippen molar-refractivity contribution in [3.05, 3.63) is 60.2 Å². The fourth-order valence-corrected chi connectivity index (χ4v) is 4.26. The normalized spacial score (nSPS) is 15.1. The molecule has 0 radical (unpaired) electrons. The summed E-state index contributed by atoms with van der Waals surface area (Å²) >= 11 is 0. The Bertz CT molecular complexity index is 669. The third kappa shape index (κ3) is 8.62. The number of likely N-dealkylation sites (tertiary alicyclic amines) is 1. The number of nitrogens with zero attached hydrogens (tertiary/aromatic N) is 3. The van der Waals surface area contributed by atoms with Gasteiger partial charge in [-0.15, -0.1) is 0 Å². The molecule has 0 atom stereocenters. The van der Waals surface area contributed by atoms with E-state index in [0.717, 1.165) is 51.6 Å². The number of nitrogens with one attached hydrogen (secondary N) is 1. The van der Waals surface area contributed by atoms with Crippen molar-refractivity contribution in [3.8, 4) is 0 Å². The number of rotatable bonds is 11. The van der Waals surface area contributed by atoms with Gasteiger partial charge in [0.05, 0.1) is 6.54 Å². The highest BCUT2D eigenvalue weighted by atomic mass is 16.2. The van der Waals surface area contributed by atoms with E-state index in [2.05, 4.69) is 44.5 Å². The Balaban J connectivity index is 1.47. The summed E-state index contributed by atoms with van der Waals surface area (Å²) in [7, 11) is 0. The minimum Gasteiger partial charge on any atom is -0.352 e. The van der Waals surface area contributed by atoms with Gasteiger partial charge in [-0.3, -0.25) is 19.7 Å². The van der Waals surface area contributed by atoms with Gasteiger partial charge in [-0.25, -0.2) is 0 Å². The van der Waals surface area contributed by atoms with Crippen molar-refractivity contribution in [2.24, 2.45) is 0 Å².